The van der Waals surface area contributed by atoms with Crippen molar-refractivity contribution >= 4 is 5.91 Å². The van der Waals surface area contributed by atoms with E-state index in [-0.39, 0.29) is 24.5 Å². The number of aryl methyl sites for hydroxylation is 1. The van der Waals surface area contributed by atoms with Crippen molar-refractivity contribution < 1.29 is 4.79 Å². The first-order valence-electron chi connectivity index (χ1n) is 6.84. The van der Waals surface area contributed by atoms with E-state index >= 15 is 0 Å². The van der Waals surface area contributed by atoms with Gasteiger partial charge in [0.1, 0.15) is 0 Å². The van der Waals surface area contributed by atoms with Crippen LogP contribution in [0.1, 0.15) is 37.4 Å². The van der Waals surface area contributed by atoms with Crippen molar-refractivity contribution in [3.8, 4) is 0 Å². The third kappa shape index (κ3) is 4.33. The van der Waals surface area contributed by atoms with Gasteiger partial charge in [-0.15, -0.1) is 0 Å². The van der Waals surface area contributed by atoms with Gasteiger partial charge in [0.25, 0.3) is 0 Å². The maximum absolute atomic E-state index is 11.2. The zero-order valence-corrected chi connectivity index (χ0v) is 12.1. The summed E-state index contributed by atoms with van der Waals surface area (Å²) >= 11 is 0. The van der Waals surface area contributed by atoms with Crippen molar-refractivity contribution in [1.82, 2.24) is 4.90 Å². The SMILES string of the molecule is CCC(N)C(c1cccc(C)c1)N(CC)CC(N)=O. The highest BCUT2D eigenvalue weighted by molar-refractivity contribution is 5.76. The number of hydrogen-bond acceptors (Lipinski definition) is 3. The number of carbonyl (C=O) groups excluding carboxylic acids is 1. The number of amides is 1. The van der Waals surface area contributed by atoms with Crippen LogP contribution >= 0.6 is 0 Å². The average Bonchev–Trinajstić information content (AvgIpc) is 2.37. The number of carbonyl (C=O) groups is 1. The van der Waals surface area contributed by atoms with Gasteiger partial charge in [0.2, 0.25) is 5.91 Å². The van der Waals surface area contributed by atoms with Gasteiger partial charge in [-0.05, 0) is 25.5 Å². The molecule has 1 amide bonds. The summed E-state index contributed by atoms with van der Waals surface area (Å²) in [5.74, 6) is -0.317. The van der Waals surface area contributed by atoms with Gasteiger partial charge in [-0.1, -0.05) is 43.7 Å². The highest BCUT2D eigenvalue weighted by Crippen LogP contribution is 2.25. The smallest absolute Gasteiger partial charge is 0.231 e. The highest BCUT2D eigenvalue weighted by atomic mass is 16.1. The summed E-state index contributed by atoms with van der Waals surface area (Å²) in [6.07, 6.45) is 0.855. The standard InChI is InChI=1S/C15H25N3O/c1-4-13(16)15(18(5-2)10-14(17)19)12-8-6-7-11(3)9-12/h6-9,13,15H,4-5,10,16H2,1-3H3,(H2,17,19). The summed E-state index contributed by atoms with van der Waals surface area (Å²) in [5.41, 5.74) is 13.9. The Bertz CT molecular complexity index is 420. The molecule has 0 heterocycles. The van der Waals surface area contributed by atoms with Crippen LogP contribution in [0.5, 0.6) is 0 Å². The fourth-order valence-electron chi connectivity index (χ4n) is 2.41. The Balaban J connectivity index is 3.09. The van der Waals surface area contributed by atoms with Crippen LogP contribution < -0.4 is 11.5 Å². The number of rotatable bonds is 7. The van der Waals surface area contributed by atoms with Crippen LogP contribution in [0.25, 0.3) is 0 Å². The molecule has 0 aliphatic heterocycles. The van der Waals surface area contributed by atoms with Crippen LogP contribution in [0.4, 0.5) is 0 Å². The zero-order chi connectivity index (χ0) is 14.4. The molecule has 0 aromatic heterocycles. The van der Waals surface area contributed by atoms with Crippen LogP contribution in [0, 0.1) is 6.92 Å². The molecule has 0 saturated carbocycles. The lowest BCUT2D eigenvalue weighted by Crippen LogP contribution is -2.44. The second-order valence-corrected chi connectivity index (χ2v) is 4.96. The van der Waals surface area contributed by atoms with E-state index in [4.69, 9.17) is 11.5 Å². The predicted molar refractivity (Wildman–Crippen MR) is 78.6 cm³/mol. The number of benzene rings is 1. The van der Waals surface area contributed by atoms with Gasteiger partial charge in [0.05, 0.1) is 12.6 Å². The first kappa shape index (κ1) is 15.7. The predicted octanol–water partition coefficient (Wildman–Crippen LogP) is 1.58. The molecular weight excluding hydrogens is 238 g/mol. The molecule has 4 nitrogen and oxygen atoms in total. The summed E-state index contributed by atoms with van der Waals surface area (Å²) in [5, 5.41) is 0. The normalized spacial score (nSPS) is 14.4. The number of nitrogens with zero attached hydrogens (tertiary/aromatic N) is 1. The number of primary amides is 1. The van der Waals surface area contributed by atoms with E-state index in [1.807, 2.05) is 17.9 Å². The monoisotopic (exact) mass is 263 g/mol. The zero-order valence-electron chi connectivity index (χ0n) is 12.1. The summed E-state index contributed by atoms with van der Waals surface area (Å²) in [7, 11) is 0. The Labute approximate surface area is 115 Å². The summed E-state index contributed by atoms with van der Waals surface area (Å²) in [6.45, 7) is 7.13. The van der Waals surface area contributed by atoms with Gasteiger partial charge in [-0.2, -0.15) is 0 Å². The third-order valence-corrected chi connectivity index (χ3v) is 3.42. The Hall–Kier alpha value is -1.39. The lowest BCUT2D eigenvalue weighted by molar-refractivity contribution is -0.119. The lowest BCUT2D eigenvalue weighted by atomic mass is 9.95. The van der Waals surface area contributed by atoms with Gasteiger partial charge in [-0.3, -0.25) is 9.69 Å². The van der Waals surface area contributed by atoms with E-state index in [0.29, 0.717) is 0 Å². The van der Waals surface area contributed by atoms with Crippen molar-refractivity contribution in [2.75, 3.05) is 13.1 Å². The van der Waals surface area contributed by atoms with Crippen molar-refractivity contribution in [3.05, 3.63) is 35.4 Å². The quantitative estimate of drug-likeness (QED) is 0.784. The second-order valence-electron chi connectivity index (χ2n) is 4.96. The van der Waals surface area contributed by atoms with E-state index in [1.54, 1.807) is 0 Å². The average molecular weight is 263 g/mol. The molecule has 0 radical (unpaired) electrons. The van der Waals surface area contributed by atoms with Gasteiger partial charge < -0.3 is 11.5 Å². The summed E-state index contributed by atoms with van der Waals surface area (Å²) in [4.78, 5) is 13.3. The van der Waals surface area contributed by atoms with Crippen molar-refractivity contribution in [3.63, 3.8) is 0 Å². The van der Waals surface area contributed by atoms with Crippen LogP contribution in [-0.2, 0) is 4.79 Å². The van der Waals surface area contributed by atoms with Crippen LogP contribution in [0.3, 0.4) is 0 Å². The van der Waals surface area contributed by atoms with Gasteiger partial charge in [-0.25, -0.2) is 0 Å². The van der Waals surface area contributed by atoms with E-state index < -0.39 is 0 Å². The van der Waals surface area contributed by atoms with E-state index in [1.165, 1.54) is 5.56 Å². The Morgan fingerprint density at radius 3 is 2.53 bits per heavy atom. The molecule has 19 heavy (non-hydrogen) atoms. The van der Waals surface area contributed by atoms with Gasteiger partial charge in [0.15, 0.2) is 0 Å². The summed E-state index contributed by atoms with van der Waals surface area (Å²) in [6, 6.07) is 8.30. The minimum Gasteiger partial charge on any atom is -0.369 e. The maximum Gasteiger partial charge on any atom is 0.231 e. The lowest BCUT2D eigenvalue weighted by Gasteiger charge is -2.34. The largest absolute Gasteiger partial charge is 0.369 e. The fourth-order valence-corrected chi connectivity index (χ4v) is 2.41. The molecule has 106 valence electrons. The Morgan fingerprint density at radius 1 is 1.37 bits per heavy atom. The number of nitrogens with two attached hydrogens (primary N) is 2. The molecule has 0 saturated heterocycles. The molecule has 0 aliphatic carbocycles. The number of likely N-dealkylation sites (N-methyl/N-ethyl adjacent to an activating group) is 1. The molecule has 2 unspecified atom stereocenters. The van der Waals surface area contributed by atoms with Gasteiger partial charge in [0, 0.05) is 6.04 Å². The molecule has 1 rings (SSSR count). The Morgan fingerprint density at radius 2 is 2.05 bits per heavy atom. The van der Waals surface area contributed by atoms with Crippen LogP contribution in [0.15, 0.2) is 24.3 Å². The third-order valence-electron chi connectivity index (χ3n) is 3.42. The first-order valence-corrected chi connectivity index (χ1v) is 6.84. The molecule has 2 atom stereocenters. The molecular formula is C15H25N3O. The van der Waals surface area contributed by atoms with Crippen LogP contribution in [0.2, 0.25) is 0 Å². The highest BCUT2D eigenvalue weighted by Gasteiger charge is 2.25. The minimum atomic E-state index is -0.317. The van der Waals surface area contributed by atoms with Crippen LogP contribution in [-0.4, -0.2) is 29.9 Å². The molecule has 0 fully saturated rings. The molecule has 0 bridgehead atoms. The van der Waals surface area contributed by atoms with E-state index in [9.17, 15) is 4.79 Å². The van der Waals surface area contributed by atoms with Crippen molar-refractivity contribution in [1.29, 1.82) is 0 Å². The first-order chi connectivity index (χ1) is 8.99. The van der Waals surface area contributed by atoms with Gasteiger partial charge >= 0.3 is 0 Å². The topological polar surface area (TPSA) is 72.3 Å². The molecule has 0 spiro atoms. The van der Waals surface area contributed by atoms with E-state index in [0.717, 1.165) is 18.5 Å². The molecule has 4 heteroatoms. The van der Waals surface area contributed by atoms with Crippen molar-refractivity contribution in [2.24, 2.45) is 11.5 Å². The Kier molecular flexibility index (Phi) is 5.99. The summed E-state index contributed by atoms with van der Waals surface area (Å²) < 4.78 is 0. The molecule has 1 aromatic carbocycles. The molecule has 0 aliphatic rings. The molecule has 1 aromatic rings. The van der Waals surface area contributed by atoms with E-state index in [2.05, 4.69) is 32.0 Å². The fraction of sp³-hybridized carbons (Fsp3) is 0.533. The number of hydrogen-bond donors (Lipinski definition) is 2. The van der Waals surface area contributed by atoms with Crippen molar-refractivity contribution in [2.45, 2.75) is 39.3 Å². The maximum atomic E-state index is 11.2. The molecule has 4 N–H and O–H groups in total. The second kappa shape index (κ2) is 7.26. The minimum absolute atomic E-state index is 0.0129.